The summed E-state index contributed by atoms with van der Waals surface area (Å²) in [6.07, 6.45) is 3.23. The summed E-state index contributed by atoms with van der Waals surface area (Å²) in [6, 6.07) is 24.9. The number of hydrogen-bond donors (Lipinski definition) is 0. The Hall–Kier alpha value is -3.18. The van der Waals surface area contributed by atoms with Gasteiger partial charge in [0.2, 0.25) is 5.89 Å². The molecule has 1 saturated heterocycles. The first-order valence-electron chi connectivity index (χ1n) is 10.9. The van der Waals surface area contributed by atoms with Gasteiger partial charge < -0.3 is 14.0 Å². The molecule has 5 heteroatoms. The number of benzene rings is 3. The van der Waals surface area contributed by atoms with E-state index in [4.69, 9.17) is 19.0 Å². The molecule has 5 rings (SSSR count). The van der Waals surface area contributed by atoms with Gasteiger partial charge in [0.05, 0.1) is 12.0 Å². The molecule has 1 aliphatic heterocycles. The van der Waals surface area contributed by atoms with Gasteiger partial charge in [-0.25, -0.2) is 0 Å². The van der Waals surface area contributed by atoms with Crippen LogP contribution < -0.4 is 4.74 Å². The fourth-order valence-electron chi connectivity index (χ4n) is 4.40. The van der Waals surface area contributed by atoms with Crippen molar-refractivity contribution in [1.29, 1.82) is 0 Å². The predicted octanol–water partition coefficient (Wildman–Crippen LogP) is 5.33. The van der Waals surface area contributed by atoms with E-state index in [1.807, 2.05) is 30.3 Å². The van der Waals surface area contributed by atoms with Crippen LogP contribution in [-0.2, 0) is 16.6 Å². The predicted molar refractivity (Wildman–Crippen MR) is 119 cm³/mol. The molecule has 0 unspecified atom stereocenters. The van der Waals surface area contributed by atoms with Crippen LogP contribution in [0, 0.1) is 0 Å². The van der Waals surface area contributed by atoms with Gasteiger partial charge in [-0.2, -0.15) is 4.98 Å². The Kier molecular flexibility index (Phi) is 5.67. The van der Waals surface area contributed by atoms with E-state index in [1.54, 1.807) is 0 Å². The number of fused-ring (bicyclic) bond motifs is 1. The SMILES string of the molecule is c1ccc(C2(c3noc(CCCOc4cccc5ccccc45)n3)CCOCC2)cc1. The zero-order chi connectivity index (χ0) is 20.9. The van der Waals surface area contributed by atoms with E-state index in [-0.39, 0.29) is 5.41 Å². The molecule has 0 amide bonds. The molecule has 158 valence electrons. The Bertz CT molecular complexity index is 1130. The van der Waals surface area contributed by atoms with Gasteiger partial charge >= 0.3 is 0 Å². The lowest BCUT2D eigenvalue weighted by atomic mass is 9.73. The summed E-state index contributed by atoms with van der Waals surface area (Å²) in [7, 11) is 0. The van der Waals surface area contributed by atoms with Crippen LogP contribution in [0.15, 0.2) is 77.3 Å². The van der Waals surface area contributed by atoms with Crippen molar-refractivity contribution >= 4 is 10.8 Å². The maximum atomic E-state index is 6.05. The number of ether oxygens (including phenoxy) is 2. The van der Waals surface area contributed by atoms with Crippen molar-refractivity contribution in [3.63, 3.8) is 0 Å². The second-order valence-electron chi connectivity index (χ2n) is 8.00. The van der Waals surface area contributed by atoms with Crippen LogP contribution in [0.3, 0.4) is 0 Å². The Labute approximate surface area is 182 Å². The number of aromatic nitrogens is 2. The highest BCUT2D eigenvalue weighted by Gasteiger charge is 2.40. The van der Waals surface area contributed by atoms with Gasteiger partial charge in [0.25, 0.3) is 0 Å². The van der Waals surface area contributed by atoms with Crippen molar-refractivity contribution in [1.82, 2.24) is 10.1 Å². The fourth-order valence-corrected chi connectivity index (χ4v) is 4.40. The van der Waals surface area contributed by atoms with E-state index in [0.29, 0.717) is 32.1 Å². The van der Waals surface area contributed by atoms with Gasteiger partial charge in [-0.3, -0.25) is 0 Å². The van der Waals surface area contributed by atoms with Crippen LogP contribution in [0.4, 0.5) is 0 Å². The zero-order valence-electron chi connectivity index (χ0n) is 17.5. The average molecular weight is 415 g/mol. The summed E-state index contributed by atoms with van der Waals surface area (Å²) in [5, 5.41) is 6.70. The molecular weight excluding hydrogens is 388 g/mol. The maximum absolute atomic E-state index is 6.05. The van der Waals surface area contributed by atoms with Crippen molar-refractivity contribution in [2.45, 2.75) is 31.1 Å². The molecule has 31 heavy (non-hydrogen) atoms. The normalized spacial score (nSPS) is 15.7. The highest BCUT2D eigenvalue weighted by atomic mass is 16.5. The largest absolute Gasteiger partial charge is 0.493 e. The van der Waals surface area contributed by atoms with Crippen molar-refractivity contribution in [3.05, 3.63) is 90.1 Å². The molecule has 1 fully saturated rings. The molecule has 3 aromatic carbocycles. The van der Waals surface area contributed by atoms with E-state index >= 15 is 0 Å². The quantitative estimate of drug-likeness (QED) is 0.383. The lowest BCUT2D eigenvalue weighted by Crippen LogP contribution is -2.36. The van der Waals surface area contributed by atoms with Crippen LogP contribution in [-0.4, -0.2) is 30.0 Å². The van der Waals surface area contributed by atoms with Gasteiger partial charge in [0, 0.05) is 25.0 Å². The van der Waals surface area contributed by atoms with Gasteiger partial charge in [-0.05, 0) is 36.3 Å². The number of nitrogens with zero attached hydrogens (tertiary/aromatic N) is 2. The summed E-state index contributed by atoms with van der Waals surface area (Å²) in [5.74, 6) is 2.35. The van der Waals surface area contributed by atoms with Crippen LogP contribution >= 0.6 is 0 Å². The third-order valence-electron chi connectivity index (χ3n) is 6.11. The van der Waals surface area contributed by atoms with E-state index < -0.39 is 0 Å². The van der Waals surface area contributed by atoms with Gasteiger partial charge in [0.1, 0.15) is 5.75 Å². The molecule has 0 atom stereocenters. The molecule has 0 bridgehead atoms. The summed E-state index contributed by atoms with van der Waals surface area (Å²) in [6.45, 7) is 2.01. The van der Waals surface area contributed by atoms with Crippen LogP contribution in [0.1, 0.15) is 36.5 Å². The molecule has 2 heterocycles. The second kappa shape index (κ2) is 8.90. The number of rotatable bonds is 7. The molecule has 0 aliphatic carbocycles. The molecule has 0 radical (unpaired) electrons. The van der Waals surface area contributed by atoms with Crippen LogP contribution in [0.5, 0.6) is 5.75 Å². The Balaban J connectivity index is 1.25. The van der Waals surface area contributed by atoms with Gasteiger partial charge in [-0.15, -0.1) is 0 Å². The Morgan fingerprint density at radius 2 is 1.65 bits per heavy atom. The molecule has 0 N–H and O–H groups in total. The molecule has 4 aromatic rings. The van der Waals surface area contributed by atoms with Crippen molar-refractivity contribution in [2.75, 3.05) is 19.8 Å². The third kappa shape index (κ3) is 4.06. The second-order valence-corrected chi connectivity index (χ2v) is 8.00. The standard InChI is InChI=1S/C26H26N2O3/c1-2-10-21(11-3-1)26(15-18-29-19-16-26)25-27-24(31-28-25)14-7-17-30-23-13-6-9-20-8-4-5-12-22(20)23/h1-6,8-13H,7,14-19H2. The molecule has 0 saturated carbocycles. The summed E-state index contributed by atoms with van der Waals surface area (Å²) in [4.78, 5) is 4.79. The van der Waals surface area contributed by atoms with E-state index in [2.05, 4.69) is 47.6 Å². The summed E-state index contributed by atoms with van der Waals surface area (Å²) < 4.78 is 17.3. The van der Waals surface area contributed by atoms with Gasteiger partial charge in [-0.1, -0.05) is 71.9 Å². The number of aryl methyl sites for hydroxylation is 1. The highest BCUT2D eigenvalue weighted by Crippen LogP contribution is 2.39. The lowest BCUT2D eigenvalue weighted by Gasteiger charge is -2.34. The minimum Gasteiger partial charge on any atom is -0.493 e. The first-order chi connectivity index (χ1) is 15.4. The molecule has 5 nitrogen and oxygen atoms in total. The minimum absolute atomic E-state index is 0.235. The monoisotopic (exact) mass is 414 g/mol. The molecular formula is C26H26N2O3. The highest BCUT2D eigenvalue weighted by molar-refractivity contribution is 5.88. The Morgan fingerprint density at radius 1 is 0.871 bits per heavy atom. The van der Waals surface area contributed by atoms with E-state index in [9.17, 15) is 0 Å². The number of hydrogen-bond acceptors (Lipinski definition) is 5. The molecule has 1 aromatic heterocycles. The zero-order valence-corrected chi connectivity index (χ0v) is 17.5. The lowest BCUT2D eigenvalue weighted by molar-refractivity contribution is 0.0597. The first-order valence-corrected chi connectivity index (χ1v) is 10.9. The maximum Gasteiger partial charge on any atom is 0.226 e. The van der Waals surface area contributed by atoms with Crippen LogP contribution in [0.25, 0.3) is 10.8 Å². The minimum atomic E-state index is -0.235. The summed E-state index contributed by atoms with van der Waals surface area (Å²) >= 11 is 0. The summed E-state index contributed by atoms with van der Waals surface area (Å²) in [5.41, 5.74) is 0.991. The van der Waals surface area contributed by atoms with Crippen LogP contribution in [0.2, 0.25) is 0 Å². The van der Waals surface area contributed by atoms with Crippen molar-refractivity contribution in [2.24, 2.45) is 0 Å². The molecule has 0 spiro atoms. The van der Waals surface area contributed by atoms with Crippen molar-refractivity contribution < 1.29 is 14.0 Å². The van der Waals surface area contributed by atoms with Crippen molar-refractivity contribution in [3.8, 4) is 5.75 Å². The first kappa shape index (κ1) is 19.8. The molecule has 1 aliphatic rings. The van der Waals surface area contributed by atoms with E-state index in [1.165, 1.54) is 10.9 Å². The fraction of sp³-hybridized carbons (Fsp3) is 0.308. The smallest absolute Gasteiger partial charge is 0.226 e. The van der Waals surface area contributed by atoms with E-state index in [0.717, 1.165) is 36.2 Å². The topological polar surface area (TPSA) is 57.4 Å². The Morgan fingerprint density at radius 3 is 2.52 bits per heavy atom. The average Bonchev–Trinajstić information content (AvgIpc) is 3.32. The van der Waals surface area contributed by atoms with Gasteiger partial charge in [0.15, 0.2) is 5.82 Å². The third-order valence-corrected chi connectivity index (χ3v) is 6.11.